The van der Waals surface area contributed by atoms with Crippen LogP contribution >= 0.6 is 15.9 Å². The Balaban J connectivity index is 1.86. The van der Waals surface area contributed by atoms with Crippen molar-refractivity contribution in [1.29, 1.82) is 0 Å². The van der Waals surface area contributed by atoms with Gasteiger partial charge in [0.15, 0.2) is 0 Å². The first-order valence-corrected chi connectivity index (χ1v) is 7.87. The maximum absolute atomic E-state index is 5.78. The standard InChI is InChI=1S/C16H22BrN3O/c1-16(2,3)18-12-13-5-6-15(14(17)11-13)21-10-9-20-8-4-7-19-20/h4-8,11,18H,9-10,12H2,1-3H3. The van der Waals surface area contributed by atoms with E-state index in [0.717, 1.165) is 23.3 Å². The van der Waals surface area contributed by atoms with Gasteiger partial charge in [0.1, 0.15) is 12.4 Å². The molecule has 1 N–H and O–H groups in total. The van der Waals surface area contributed by atoms with Gasteiger partial charge in [-0.05, 0) is 60.5 Å². The summed E-state index contributed by atoms with van der Waals surface area (Å²) in [5, 5.41) is 7.62. The predicted octanol–water partition coefficient (Wildman–Crippen LogP) is 3.61. The van der Waals surface area contributed by atoms with Crippen LogP contribution < -0.4 is 10.1 Å². The van der Waals surface area contributed by atoms with Crippen molar-refractivity contribution in [3.05, 3.63) is 46.7 Å². The summed E-state index contributed by atoms with van der Waals surface area (Å²) in [6, 6.07) is 8.11. The van der Waals surface area contributed by atoms with E-state index in [4.69, 9.17) is 4.74 Å². The molecule has 0 aliphatic rings. The summed E-state index contributed by atoms with van der Waals surface area (Å²) in [4.78, 5) is 0. The molecule has 1 heterocycles. The Morgan fingerprint density at radius 2 is 2.14 bits per heavy atom. The largest absolute Gasteiger partial charge is 0.490 e. The van der Waals surface area contributed by atoms with Gasteiger partial charge < -0.3 is 10.1 Å². The first-order valence-electron chi connectivity index (χ1n) is 7.08. The fourth-order valence-corrected chi connectivity index (χ4v) is 2.36. The molecule has 0 unspecified atom stereocenters. The summed E-state index contributed by atoms with van der Waals surface area (Å²) >= 11 is 3.57. The lowest BCUT2D eigenvalue weighted by molar-refractivity contribution is 0.289. The summed E-state index contributed by atoms with van der Waals surface area (Å²) < 4.78 is 8.62. The molecular weight excluding hydrogens is 330 g/mol. The Morgan fingerprint density at radius 3 is 2.76 bits per heavy atom. The van der Waals surface area contributed by atoms with Crippen LogP contribution in [-0.4, -0.2) is 21.9 Å². The molecule has 0 saturated heterocycles. The second-order valence-corrected chi connectivity index (χ2v) is 6.84. The number of ether oxygens (including phenoxy) is 1. The molecule has 21 heavy (non-hydrogen) atoms. The van der Waals surface area contributed by atoms with Gasteiger partial charge in [-0.25, -0.2) is 0 Å². The van der Waals surface area contributed by atoms with Gasteiger partial charge in [-0.3, -0.25) is 4.68 Å². The number of aromatic nitrogens is 2. The van der Waals surface area contributed by atoms with E-state index in [9.17, 15) is 0 Å². The van der Waals surface area contributed by atoms with Crippen LogP contribution in [-0.2, 0) is 13.1 Å². The molecule has 0 spiro atoms. The van der Waals surface area contributed by atoms with E-state index in [1.54, 1.807) is 6.20 Å². The molecule has 0 amide bonds. The third-order valence-corrected chi connectivity index (χ3v) is 3.58. The van der Waals surface area contributed by atoms with Gasteiger partial charge in [-0.2, -0.15) is 5.10 Å². The van der Waals surface area contributed by atoms with Gasteiger partial charge in [-0.1, -0.05) is 6.07 Å². The average Bonchev–Trinajstić information content (AvgIpc) is 2.91. The third kappa shape index (κ3) is 5.52. The Labute approximate surface area is 134 Å². The van der Waals surface area contributed by atoms with Crippen molar-refractivity contribution >= 4 is 15.9 Å². The first-order chi connectivity index (χ1) is 9.94. The fourth-order valence-electron chi connectivity index (χ4n) is 1.82. The Bertz CT molecular complexity index is 561. The molecule has 0 aliphatic heterocycles. The van der Waals surface area contributed by atoms with Gasteiger partial charge >= 0.3 is 0 Å². The number of benzene rings is 1. The fraction of sp³-hybridized carbons (Fsp3) is 0.438. The predicted molar refractivity (Wildman–Crippen MR) is 88.5 cm³/mol. The normalized spacial score (nSPS) is 11.6. The number of hydrogen-bond donors (Lipinski definition) is 1. The number of nitrogens with zero attached hydrogens (tertiary/aromatic N) is 2. The zero-order valence-corrected chi connectivity index (χ0v) is 14.4. The summed E-state index contributed by atoms with van der Waals surface area (Å²) in [6.07, 6.45) is 3.70. The Hall–Kier alpha value is -1.33. The van der Waals surface area contributed by atoms with E-state index >= 15 is 0 Å². The van der Waals surface area contributed by atoms with Gasteiger partial charge in [0.25, 0.3) is 0 Å². The van der Waals surface area contributed by atoms with E-state index in [1.165, 1.54) is 5.56 Å². The molecule has 0 saturated carbocycles. The number of rotatable bonds is 6. The summed E-state index contributed by atoms with van der Waals surface area (Å²) in [7, 11) is 0. The van der Waals surface area contributed by atoms with Crippen LogP contribution in [0, 0.1) is 0 Å². The van der Waals surface area contributed by atoms with Gasteiger partial charge in [0.2, 0.25) is 0 Å². The molecule has 0 aliphatic carbocycles. The lowest BCUT2D eigenvalue weighted by Gasteiger charge is -2.20. The number of nitrogens with one attached hydrogen (secondary N) is 1. The van der Waals surface area contributed by atoms with Crippen LogP contribution in [0.4, 0.5) is 0 Å². The molecule has 114 valence electrons. The van der Waals surface area contributed by atoms with Crippen LogP contribution in [0.25, 0.3) is 0 Å². The van der Waals surface area contributed by atoms with Crippen molar-refractivity contribution in [2.75, 3.05) is 6.61 Å². The highest BCUT2D eigenvalue weighted by molar-refractivity contribution is 9.10. The highest BCUT2D eigenvalue weighted by Gasteiger charge is 2.09. The molecule has 2 aromatic rings. The molecule has 0 fully saturated rings. The molecule has 0 bridgehead atoms. The lowest BCUT2D eigenvalue weighted by atomic mass is 10.1. The summed E-state index contributed by atoms with van der Waals surface area (Å²) in [5.41, 5.74) is 1.35. The molecule has 2 rings (SSSR count). The average molecular weight is 352 g/mol. The molecule has 0 radical (unpaired) electrons. The van der Waals surface area contributed by atoms with E-state index in [-0.39, 0.29) is 5.54 Å². The van der Waals surface area contributed by atoms with Crippen molar-refractivity contribution in [2.45, 2.75) is 39.4 Å². The summed E-state index contributed by atoms with van der Waals surface area (Å²) in [6.45, 7) is 8.67. The lowest BCUT2D eigenvalue weighted by Crippen LogP contribution is -2.35. The van der Waals surface area contributed by atoms with E-state index in [1.807, 2.05) is 23.0 Å². The Kier molecular flexibility index (Phi) is 5.42. The number of hydrogen-bond acceptors (Lipinski definition) is 3. The Morgan fingerprint density at radius 1 is 1.33 bits per heavy atom. The highest BCUT2D eigenvalue weighted by atomic mass is 79.9. The molecule has 4 nitrogen and oxygen atoms in total. The summed E-state index contributed by atoms with van der Waals surface area (Å²) in [5.74, 6) is 0.863. The van der Waals surface area contributed by atoms with Crippen molar-refractivity contribution in [3.63, 3.8) is 0 Å². The van der Waals surface area contributed by atoms with Crippen LogP contribution in [0.15, 0.2) is 41.1 Å². The van der Waals surface area contributed by atoms with Crippen LogP contribution in [0.5, 0.6) is 5.75 Å². The third-order valence-electron chi connectivity index (χ3n) is 2.96. The van der Waals surface area contributed by atoms with Crippen molar-refractivity contribution < 1.29 is 4.74 Å². The topological polar surface area (TPSA) is 39.1 Å². The minimum atomic E-state index is 0.116. The zero-order chi connectivity index (χ0) is 15.3. The van der Waals surface area contributed by atoms with Crippen LogP contribution in [0.1, 0.15) is 26.3 Å². The minimum Gasteiger partial charge on any atom is -0.490 e. The number of halogens is 1. The monoisotopic (exact) mass is 351 g/mol. The molecule has 1 aromatic carbocycles. The van der Waals surface area contributed by atoms with E-state index < -0.39 is 0 Å². The highest BCUT2D eigenvalue weighted by Crippen LogP contribution is 2.26. The maximum atomic E-state index is 5.78. The zero-order valence-electron chi connectivity index (χ0n) is 12.8. The minimum absolute atomic E-state index is 0.116. The van der Waals surface area contributed by atoms with E-state index in [0.29, 0.717) is 6.61 Å². The van der Waals surface area contributed by atoms with Crippen molar-refractivity contribution in [3.8, 4) is 5.75 Å². The quantitative estimate of drug-likeness (QED) is 0.863. The first kappa shape index (κ1) is 16.0. The second kappa shape index (κ2) is 7.09. The molecule has 5 heteroatoms. The van der Waals surface area contributed by atoms with Crippen LogP contribution in [0.3, 0.4) is 0 Å². The smallest absolute Gasteiger partial charge is 0.133 e. The van der Waals surface area contributed by atoms with Crippen LogP contribution in [0.2, 0.25) is 0 Å². The van der Waals surface area contributed by atoms with E-state index in [2.05, 4.69) is 59.2 Å². The second-order valence-electron chi connectivity index (χ2n) is 5.99. The SMILES string of the molecule is CC(C)(C)NCc1ccc(OCCn2cccn2)c(Br)c1. The van der Waals surface area contributed by atoms with Crippen molar-refractivity contribution in [1.82, 2.24) is 15.1 Å². The molecular formula is C16H22BrN3O. The maximum Gasteiger partial charge on any atom is 0.133 e. The van der Waals surface area contributed by atoms with Gasteiger partial charge in [0, 0.05) is 24.5 Å². The molecule has 0 atom stereocenters. The van der Waals surface area contributed by atoms with Gasteiger partial charge in [0.05, 0.1) is 11.0 Å². The van der Waals surface area contributed by atoms with Crippen molar-refractivity contribution in [2.24, 2.45) is 0 Å². The molecule has 1 aromatic heterocycles. The van der Waals surface area contributed by atoms with Gasteiger partial charge in [-0.15, -0.1) is 0 Å².